The largest absolute Gasteiger partial charge is 0.324 e. The SMILES string of the molecule is Cc1ccc(CC(N)c2cc(Cl)cc(Br)c2)nc1. The first-order valence-corrected chi connectivity index (χ1v) is 6.85. The van der Waals surface area contributed by atoms with Crippen molar-refractivity contribution in [3.8, 4) is 0 Å². The standard InChI is InChI=1S/C14H14BrClN2/c1-9-2-3-13(18-8-9)7-14(17)10-4-11(15)6-12(16)5-10/h2-6,8,14H,7,17H2,1H3. The molecule has 0 aliphatic carbocycles. The fraction of sp³-hybridized carbons (Fsp3) is 0.214. The van der Waals surface area contributed by atoms with Crippen LogP contribution in [-0.4, -0.2) is 4.98 Å². The number of nitrogens with two attached hydrogens (primary N) is 1. The van der Waals surface area contributed by atoms with E-state index in [0.29, 0.717) is 11.4 Å². The van der Waals surface area contributed by atoms with Crippen molar-refractivity contribution in [1.29, 1.82) is 0 Å². The van der Waals surface area contributed by atoms with Crippen LogP contribution in [0.5, 0.6) is 0 Å². The van der Waals surface area contributed by atoms with Gasteiger partial charge in [-0.15, -0.1) is 0 Å². The van der Waals surface area contributed by atoms with Crippen molar-refractivity contribution in [1.82, 2.24) is 4.98 Å². The van der Waals surface area contributed by atoms with Crippen molar-refractivity contribution in [2.45, 2.75) is 19.4 Å². The van der Waals surface area contributed by atoms with Crippen LogP contribution in [0, 0.1) is 6.92 Å². The third kappa shape index (κ3) is 3.55. The Morgan fingerprint density at radius 2 is 2.11 bits per heavy atom. The van der Waals surface area contributed by atoms with Gasteiger partial charge in [-0.1, -0.05) is 33.6 Å². The smallest absolute Gasteiger partial charge is 0.0422 e. The van der Waals surface area contributed by atoms with Crippen molar-refractivity contribution >= 4 is 27.5 Å². The Balaban J connectivity index is 2.16. The van der Waals surface area contributed by atoms with Gasteiger partial charge in [0.25, 0.3) is 0 Å². The molecule has 1 unspecified atom stereocenters. The van der Waals surface area contributed by atoms with Crippen molar-refractivity contribution in [3.63, 3.8) is 0 Å². The molecule has 2 aromatic rings. The van der Waals surface area contributed by atoms with Crippen LogP contribution in [0.15, 0.2) is 41.0 Å². The highest BCUT2D eigenvalue weighted by molar-refractivity contribution is 9.10. The van der Waals surface area contributed by atoms with Gasteiger partial charge in [0.05, 0.1) is 0 Å². The molecule has 1 heterocycles. The number of pyridine rings is 1. The molecule has 2 rings (SSSR count). The number of aryl methyl sites for hydroxylation is 1. The monoisotopic (exact) mass is 324 g/mol. The van der Waals surface area contributed by atoms with E-state index in [0.717, 1.165) is 21.3 Å². The van der Waals surface area contributed by atoms with Crippen molar-refractivity contribution < 1.29 is 0 Å². The second kappa shape index (κ2) is 5.83. The Labute approximate surface area is 120 Å². The zero-order valence-corrected chi connectivity index (χ0v) is 12.4. The molecule has 18 heavy (non-hydrogen) atoms. The Bertz CT molecular complexity index is 520. The summed E-state index contributed by atoms with van der Waals surface area (Å²) in [7, 11) is 0. The molecule has 2 N–H and O–H groups in total. The molecule has 0 saturated carbocycles. The minimum Gasteiger partial charge on any atom is -0.324 e. The molecule has 0 fully saturated rings. The summed E-state index contributed by atoms with van der Waals surface area (Å²) in [5, 5.41) is 0.687. The van der Waals surface area contributed by atoms with Gasteiger partial charge in [-0.25, -0.2) is 0 Å². The molecule has 1 aromatic carbocycles. The molecule has 0 bridgehead atoms. The quantitative estimate of drug-likeness (QED) is 0.924. The third-order valence-corrected chi connectivity index (χ3v) is 3.39. The molecular weight excluding hydrogens is 312 g/mol. The number of hydrogen-bond donors (Lipinski definition) is 1. The number of nitrogens with zero attached hydrogens (tertiary/aromatic N) is 1. The first-order chi connectivity index (χ1) is 8.54. The molecule has 0 saturated heterocycles. The Morgan fingerprint density at radius 1 is 1.33 bits per heavy atom. The predicted octanol–water partition coefficient (Wildman–Crippen LogP) is 4.05. The Morgan fingerprint density at radius 3 is 2.72 bits per heavy atom. The molecule has 2 nitrogen and oxygen atoms in total. The van der Waals surface area contributed by atoms with E-state index in [4.69, 9.17) is 17.3 Å². The van der Waals surface area contributed by atoms with Crippen LogP contribution < -0.4 is 5.73 Å². The lowest BCUT2D eigenvalue weighted by atomic mass is 10.0. The molecule has 1 aromatic heterocycles. The summed E-state index contributed by atoms with van der Waals surface area (Å²) in [6.45, 7) is 2.02. The molecular formula is C14H14BrClN2. The topological polar surface area (TPSA) is 38.9 Å². The molecule has 0 aliphatic rings. The van der Waals surface area contributed by atoms with Gasteiger partial charge in [-0.2, -0.15) is 0 Å². The highest BCUT2D eigenvalue weighted by atomic mass is 79.9. The summed E-state index contributed by atoms with van der Waals surface area (Å²) in [4.78, 5) is 4.36. The maximum absolute atomic E-state index is 6.18. The summed E-state index contributed by atoms with van der Waals surface area (Å²) in [6.07, 6.45) is 2.56. The Hall–Kier alpha value is -0.900. The van der Waals surface area contributed by atoms with Crippen LogP contribution in [0.4, 0.5) is 0 Å². The normalized spacial score (nSPS) is 12.4. The number of benzene rings is 1. The molecule has 0 aliphatic heterocycles. The zero-order chi connectivity index (χ0) is 13.1. The van der Waals surface area contributed by atoms with Gasteiger partial charge in [-0.3, -0.25) is 4.98 Å². The number of hydrogen-bond acceptors (Lipinski definition) is 2. The highest BCUT2D eigenvalue weighted by Gasteiger charge is 2.09. The lowest BCUT2D eigenvalue weighted by Crippen LogP contribution is -2.14. The number of aromatic nitrogens is 1. The molecule has 94 valence electrons. The molecule has 1 atom stereocenters. The van der Waals surface area contributed by atoms with E-state index >= 15 is 0 Å². The van der Waals surface area contributed by atoms with E-state index in [2.05, 4.69) is 20.9 Å². The number of rotatable bonds is 3. The highest BCUT2D eigenvalue weighted by Crippen LogP contribution is 2.24. The van der Waals surface area contributed by atoms with Crippen LogP contribution in [0.2, 0.25) is 5.02 Å². The van der Waals surface area contributed by atoms with Gasteiger partial charge in [0.2, 0.25) is 0 Å². The predicted molar refractivity (Wildman–Crippen MR) is 78.8 cm³/mol. The summed E-state index contributed by atoms with van der Waals surface area (Å²) >= 11 is 9.44. The van der Waals surface area contributed by atoms with Gasteiger partial charge in [-0.05, 0) is 42.3 Å². The van der Waals surface area contributed by atoms with Crippen molar-refractivity contribution in [3.05, 3.63) is 62.8 Å². The lowest BCUT2D eigenvalue weighted by Gasteiger charge is -2.12. The van der Waals surface area contributed by atoms with E-state index < -0.39 is 0 Å². The van der Waals surface area contributed by atoms with Crippen molar-refractivity contribution in [2.75, 3.05) is 0 Å². The van der Waals surface area contributed by atoms with Crippen LogP contribution in [0.1, 0.15) is 22.9 Å². The minimum atomic E-state index is -0.102. The van der Waals surface area contributed by atoms with Crippen LogP contribution in [0.25, 0.3) is 0 Å². The van der Waals surface area contributed by atoms with Gasteiger partial charge in [0.15, 0.2) is 0 Å². The fourth-order valence-electron chi connectivity index (χ4n) is 1.75. The van der Waals surface area contributed by atoms with E-state index in [1.807, 2.05) is 43.5 Å². The van der Waals surface area contributed by atoms with E-state index in [1.165, 1.54) is 0 Å². The molecule has 0 radical (unpaired) electrons. The maximum Gasteiger partial charge on any atom is 0.0422 e. The lowest BCUT2D eigenvalue weighted by molar-refractivity contribution is 0.706. The molecule has 4 heteroatoms. The molecule has 0 amide bonds. The van der Waals surface area contributed by atoms with Crippen molar-refractivity contribution in [2.24, 2.45) is 5.73 Å². The first kappa shape index (κ1) is 13.5. The summed E-state index contributed by atoms with van der Waals surface area (Å²) in [5.74, 6) is 0. The van der Waals surface area contributed by atoms with Crippen LogP contribution in [0.3, 0.4) is 0 Å². The number of halogens is 2. The van der Waals surface area contributed by atoms with E-state index in [-0.39, 0.29) is 6.04 Å². The summed E-state index contributed by atoms with van der Waals surface area (Å²) in [6, 6.07) is 9.69. The van der Waals surface area contributed by atoms with Gasteiger partial charge >= 0.3 is 0 Å². The second-order valence-electron chi connectivity index (χ2n) is 4.34. The summed E-state index contributed by atoms with van der Waals surface area (Å²) in [5.41, 5.74) is 9.34. The summed E-state index contributed by atoms with van der Waals surface area (Å²) < 4.78 is 0.942. The van der Waals surface area contributed by atoms with Gasteiger partial charge < -0.3 is 5.73 Å². The average Bonchev–Trinajstić information content (AvgIpc) is 2.31. The maximum atomic E-state index is 6.18. The average molecular weight is 326 g/mol. The zero-order valence-electron chi connectivity index (χ0n) is 10.0. The molecule has 0 spiro atoms. The second-order valence-corrected chi connectivity index (χ2v) is 5.69. The Kier molecular flexibility index (Phi) is 4.38. The van der Waals surface area contributed by atoms with E-state index in [9.17, 15) is 0 Å². The van der Waals surface area contributed by atoms with Crippen LogP contribution in [-0.2, 0) is 6.42 Å². The minimum absolute atomic E-state index is 0.102. The van der Waals surface area contributed by atoms with Crippen LogP contribution >= 0.6 is 27.5 Å². The van der Waals surface area contributed by atoms with Gasteiger partial charge in [0, 0.05) is 33.8 Å². The van der Waals surface area contributed by atoms with Gasteiger partial charge in [0.1, 0.15) is 0 Å². The first-order valence-electron chi connectivity index (χ1n) is 5.67. The fourth-order valence-corrected chi connectivity index (χ4v) is 2.64. The third-order valence-electron chi connectivity index (χ3n) is 2.71. The van der Waals surface area contributed by atoms with E-state index in [1.54, 1.807) is 0 Å².